The first-order valence-electron chi connectivity index (χ1n) is 6.47. The molecule has 0 aliphatic heterocycles. The lowest BCUT2D eigenvalue weighted by atomic mass is 9.93. The molecule has 1 aromatic carbocycles. The van der Waals surface area contributed by atoms with Crippen LogP contribution in [0.3, 0.4) is 0 Å². The molecule has 3 heteroatoms. The van der Waals surface area contributed by atoms with E-state index < -0.39 is 0 Å². The number of hydrogen-bond donors (Lipinski definition) is 1. The lowest BCUT2D eigenvalue weighted by molar-refractivity contribution is 0.110. The van der Waals surface area contributed by atoms with E-state index in [1.807, 2.05) is 48.1 Å². The number of para-hydroxylation sites is 1. The molecule has 1 heterocycles. The van der Waals surface area contributed by atoms with Crippen LogP contribution in [0.2, 0.25) is 0 Å². The van der Waals surface area contributed by atoms with Gasteiger partial charge in [0.25, 0.3) is 0 Å². The molecule has 1 saturated carbocycles. The Kier molecular flexibility index (Phi) is 2.71. The van der Waals surface area contributed by atoms with Crippen LogP contribution in [0.1, 0.15) is 25.3 Å². The Hall–Kier alpha value is -1.61. The molecule has 1 N–H and O–H groups in total. The first-order chi connectivity index (χ1) is 8.70. The second kappa shape index (κ2) is 4.25. The third-order valence-electron chi connectivity index (χ3n) is 3.99. The first-order valence-corrected chi connectivity index (χ1v) is 6.47. The molecule has 1 aliphatic carbocycles. The van der Waals surface area contributed by atoms with E-state index in [1.165, 1.54) is 5.56 Å². The molecule has 1 fully saturated rings. The molecule has 18 heavy (non-hydrogen) atoms. The Morgan fingerprint density at radius 3 is 2.67 bits per heavy atom. The molecular formula is C15H18N2O. The van der Waals surface area contributed by atoms with Gasteiger partial charge in [0.2, 0.25) is 0 Å². The second-order valence-electron chi connectivity index (χ2n) is 5.34. The monoisotopic (exact) mass is 242 g/mol. The van der Waals surface area contributed by atoms with E-state index in [9.17, 15) is 5.11 Å². The number of benzene rings is 1. The fourth-order valence-electron chi connectivity index (χ4n) is 2.48. The van der Waals surface area contributed by atoms with E-state index in [-0.39, 0.29) is 11.5 Å². The van der Waals surface area contributed by atoms with Crippen molar-refractivity contribution in [2.45, 2.75) is 32.3 Å². The summed E-state index contributed by atoms with van der Waals surface area (Å²) < 4.78 is 1.90. The fraction of sp³-hybridized carbons (Fsp3) is 0.400. The van der Waals surface area contributed by atoms with Crippen LogP contribution >= 0.6 is 0 Å². The van der Waals surface area contributed by atoms with Crippen molar-refractivity contribution in [3.63, 3.8) is 0 Å². The summed E-state index contributed by atoms with van der Waals surface area (Å²) in [5.74, 6) is 0. The highest BCUT2D eigenvalue weighted by Gasteiger charge is 2.46. The summed E-state index contributed by atoms with van der Waals surface area (Å²) in [4.78, 5) is 0. The number of rotatable bonds is 4. The van der Waals surface area contributed by atoms with Crippen molar-refractivity contribution in [3.8, 4) is 5.69 Å². The largest absolute Gasteiger partial charge is 0.393 e. The number of aromatic nitrogens is 2. The zero-order valence-corrected chi connectivity index (χ0v) is 10.6. The van der Waals surface area contributed by atoms with Gasteiger partial charge in [0.05, 0.1) is 18.0 Å². The van der Waals surface area contributed by atoms with Gasteiger partial charge in [-0.1, -0.05) is 18.2 Å². The lowest BCUT2D eigenvalue weighted by Crippen LogP contribution is -2.20. The summed E-state index contributed by atoms with van der Waals surface area (Å²) in [5.41, 5.74) is 2.40. The van der Waals surface area contributed by atoms with Crippen LogP contribution in [0.4, 0.5) is 0 Å². The molecule has 1 aliphatic rings. The molecule has 0 saturated heterocycles. The van der Waals surface area contributed by atoms with Crippen LogP contribution in [0.25, 0.3) is 5.69 Å². The molecule has 94 valence electrons. The molecule has 0 bridgehead atoms. The topological polar surface area (TPSA) is 38.1 Å². The normalized spacial score (nSPS) is 18.6. The third-order valence-corrected chi connectivity index (χ3v) is 3.99. The zero-order valence-electron chi connectivity index (χ0n) is 10.6. The maximum atomic E-state index is 9.80. The van der Waals surface area contributed by atoms with Gasteiger partial charge in [-0.2, -0.15) is 5.10 Å². The smallest absolute Gasteiger partial charge is 0.0645 e. The van der Waals surface area contributed by atoms with E-state index in [0.717, 1.165) is 24.9 Å². The summed E-state index contributed by atoms with van der Waals surface area (Å²) in [6.07, 6.45) is 6.94. The summed E-state index contributed by atoms with van der Waals surface area (Å²) in [7, 11) is 0. The quantitative estimate of drug-likeness (QED) is 0.894. The SMILES string of the molecule is CC(O)C1(Cc2cnn(-c3ccccc3)c2)CC1. The lowest BCUT2D eigenvalue weighted by Gasteiger charge is -2.16. The van der Waals surface area contributed by atoms with E-state index in [2.05, 4.69) is 11.3 Å². The van der Waals surface area contributed by atoms with Crippen LogP contribution in [0.5, 0.6) is 0 Å². The molecule has 0 amide bonds. The van der Waals surface area contributed by atoms with Crippen molar-refractivity contribution in [3.05, 3.63) is 48.3 Å². The maximum absolute atomic E-state index is 9.80. The van der Waals surface area contributed by atoms with Crippen LogP contribution in [0, 0.1) is 5.41 Å². The average Bonchev–Trinajstić information content (AvgIpc) is 3.01. The maximum Gasteiger partial charge on any atom is 0.0645 e. The molecule has 1 aromatic heterocycles. The van der Waals surface area contributed by atoms with Crippen molar-refractivity contribution in [2.75, 3.05) is 0 Å². The van der Waals surface area contributed by atoms with Gasteiger partial charge in [-0.3, -0.25) is 0 Å². The van der Waals surface area contributed by atoms with Gasteiger partial charge >= 0.3 is 0 Å². The minimum atomic E-state index is -0.224. The van der Waals surface area contributed by atoms with Crippen molar-refractivity contribution in [1.29, 1.82) is 0 Å². The van der Waals surface area contributed by atoms with Crippen molar-refractivity contribution in [2.24, 2.45) is 5.41 Å². The van der Waals surface area contributed by atoms with Crippen LogP contribution in [0.15, 0.2) is 42.7 Å². The van der Waals surface area contributed by atoms with Crippen molar-refractivity contribution >= 4 is 0 Å². The number of nitrogens with zero attached hydrogens (tertiary/aromatic N) is 2. The molecule has 2 aromatic rings. The number of aliphatic hydroxyl groups excluding tert-OH is 1. The van der Waals surface area contributed by atoms with Crippen molar-refractivity contribution < 1.29 is 5.11 Å². The predicted octanol–water partition coefficient (Wildman–Crippen LogP) is 2.58. The highest BCUT2D eigenvalue weighted by atomic mass is 16.3. The minimum Gasteiger partial charge on any atom is -0.393 e. The molecule has 1 atom stereocenters. The number of hydrogen-bond acceptors (Lipinski definition) is 2. The van der Waals surface area contributed by atoms with Gasteiger partial charge in [-0.25, -0.2) is 4.68 Å². The van der Waals surface area contributed by atoms with Gasteiger partial charge in [0.1, 0.15) is 0 Å². The Bertz CT molecular complexity index is 526. The summed E-state index contributed by atoms with van der Waals surface area (Å²) in [5, 5.41) is 14.2. The fourth-order valence-corrected chi connectivity index (χ4v) is 2.48. The van der Waals surface area contributed by atoms with Gasteiger partial charge in [0, 0.05) is 11.6 Å². The molecule has 1 unspecified atom stereocenters. The Morgan fingerprint density at radius 1 is 1.33 bits per heavy atom. The van der Waals surface area contributed by atoms with Gasteiger partial charge in [-0.15, -0.1) is 0 Å². The molecule has 3 rings (SSSR count). The van der Waals surface area contributed by atoms with E-state index >= 15 is 0 Å². The minimum absolute atomic E-state index is 0.116. The average molecular weight is 242 g/mol. The van der Waals surface area contributed by atoms with Crippen LogP contribution < -0.4 is 0 Å². The standard InChI is InChI=1S/C15H18N2O/c1-12(18)15(7-8-15)9-13-10-16-17(11-13)14-5-3-2-4-6-14/h2-6,10-12,18H,7-9H2,1H3. The summed E-state index contributed by atoms with van der Waals surface area (Å²) in [6.45, 7) is 1.90. The van der Waals surface area contributed by atoms with Crippen molar-refractivity contribution in [1.82, 2.24) is 9.78 Å². The zero-order chi connectivity index (χ0) is 12.6. The van der Waals surface area contributed by atoms with Gasteiger partial charge < -0.3 is 5.11 Å². The van der Waals surface area contributed by atoms with Crippen LogP contribution in [-0.4, -0.2) is 21.0 Å². The molecule has 0 spiro atoms. The Labute approximate surface area is 107 Å². The number of aliphatic hydroxyl groups is 1. The third kappa shape index (κ3) is 2.06. The van der Waals surface area contributed by atoms with E-state index in [4.69, 9.17) is 0 Å². The van der Waals surface area contributed by atoms with Crippen LogP contribution in [-0.2, 0) is 6.42 Å². The summed E-state index contributed by atoms with van der Waals surface area (Å²) in [6, 6.07) is 10.1. The Balaban J connectivity index is 1.79. The Morgan fingerprint density at radius 2 is 2.06 bits per heavy atom. The molecular weight excluding hydrogens is 224 g/mol. The second-order valence-corrected chi connectivity index (χ2v) is 5.34. The summed E-state index contributed by atoms with van der Waals surface area (Å²) >= 11 is 0. The van der Waals surface area contributed by atoms with E-state index in [1.54, 1.807) is 0 Å². The van der Waals surface area contributed by atoms with E-state index in [0.29, 0.717) is 0 Å². The highest BCUT2D eigenvalue weighted by Crippen LogP contribution is 2.51. The highest BCUT2D eigenvalue weighted by molar-refractivity contribution is 5.31. The predicted molar refractivity (Wildman–Crippen MR) is 70.6 cm³/mol. The van der Waals surface area contributed by atoms with Gasteiger partial charge in [0.15, 0.2) is 0 Å². The molecule has 3 nitrogen and oxygen atoms in total. The van der Waals surface area contributed by atoms with Gasteiger partial charge in [-0.05, 0) is 43.9 Å². The first kappa shape index (κ1) is 11.5. The molecule has 0 radical (unpaired) electrons.